The standard InChI is InChI=1S/C15H25BrO2Si/c1-15(2,3)19(4,5)18-11-13-10-12(8-9-17)6-7-14(13)16/h6-7,10,17H,8-9,11H2,1-5H3. The van der Waals surface area contributed by atoms with E-state index in [-0.39, 0.29) is 11.6 Å². The summed E-state index contributed by atoms with van der Waals surface area (Å²) in [5, 5.41) is 9.23. The van der Waals surface area contributed by atoms with Crippen LogP contribution in [-0.4, -0.2) is 20.0 Å². The molecule has 19 heavy (non-hydrogen) atoms. The number of halogens is 1. The summed E-state index contributed by atoms with van der Waals surface area (Å²) in [6.45, 7) is 12.1. The van der Waals surface area contributed by atoms with Crippen LogP contribution in [0.25, 0.3) is 0 Å². The molecule has 4 heteroatoms. The van der Waals surface area contributed by atoms with Crippen molar-refractivity contribution in [2.45, 2.75) is 51.9 Å². The van der Waals surface area contributed by atoms with Crippen LogP contribution in [0.3, 0.4) is 0 Å². The van der Waals surface area contributed by atoms with Gasteiger partial charge in [-0.1, -0.05) is 48.8 Å². The molecule has 0 saturated carbocycles. The number of rotatable bonds is 5. The van der Waals surface area contributed by atoms with Gasteiger partial charge in [-0.3, -0.25) is 0 Å². The smallest absolute Gasteiger partial charge is 0.192 e. The van der Waals surface area contributed by atoms with Crippen LogP contribution >= 0.6 is 15.9 Å². The average molecular weight is 345 g/mol. The summed E-state index contributed by atoms with van der Waals surface area (Å²) in [6, 6.07) is 6.19. The third kappa shape index (κ3) is 4.70. The Morgan fingerprint density at radius 3 is 2.42 bits per heavy atom. The highest BCUT2D eigenvalue weighted by atomic mass is 79.9. The van der Waals surface area contributed by atoms with E-state index in [9.17, 15) is 0 Å². The van der Waals surface area contributed by atoms with Gasteiger partial charge in [0.15, 0.2) is 8.32 Å². The Labute approximate surface area is 126 Å². The fourth-order valence-electron chi connectivity index (χ4n) is 1.50. The number of hydrogen-bond donors (Lipinski definition) is 1. The lowest BCUT2D eigenvalue weighted by atomic mass is 10.1. The zero-order valence-corrected chi connectivity index (χ0v) is 15.2. The highest BCUT2D eigenvalue weighted by molar-refractivity contribution is 9.10. The summed E-state index contributed by atoms with van der Waals surface area (Å²) < 4.78 is 7.32. The van der Waals surface area contributed by atoms with E-state index in [1.807, 2.05) is 12.1 Å². The largest absolute Gasteiger partial charge is 0.413 e. The molecule has 0 aliphatic heterocycles. The van der Waals surface area contributed by atoms with Crippen LogP contribution in [0.1, 0.15) is 31.9 Å². The molecule has 1 N–H and O–H groups in total. The first kappa shape index (κ1) is 16.9. The Kier molecular flexibility index (Phi) is 5.80. The number of aliphatic hydroxyl groups is 1. The highest BCUT2D eigenvalue weighted by Crippen LogP contribution is 2.37. The molecule has 0 heterocycles. The van der Waals surface area contributed by atoms with Gasteiger partial charge in [-0.25, -0.2) is 0 Å². The average Bonchev–Trinajstić information content (AvgIpc) is 2.29. The SMILES string of the molecule is CC(C)(C)[Si](C)(C)OCc1cc(CCO)ccc1Br. The molecule has 0 aliphatic carbocycles. The summed E-state index contributed by atoms with van der Waals surface area (Å²) in [6.07, 6.45) is 0.695. The molecule has 1 rings (SSSR count). The van der Waals surface area contributed by atoms with Crippen molar-refractivity contribution in [2.75, 3.05) is 6.61 Å². The molecule has 0 amide bonds. The Balaban J connectivity index is 2.80. The molecule has 0 saturated heterocycles. The molecule has 0 spiro atoms. The van der Waals surface area contributed by atoms with Crippen LogP contribution in [0.15, 0.2) is 22.7 Å². The van der Waals surface area contributed by atoms with Crippen molar-refractivity contribution in [2.24, 2.45) is 0 Å². The van der Waals surface area contributed by atoms with E-state index in [1.54, 1.807) is 0 Å². The summed E-state index contributed by atoms with van der Waals surface area (Å²) in [4.78, 5) is 0. The fraction of sp³-hybridized carbons (Fsp3) is 0.600. The molecule has 2 nitrogen and oxygen atoms in total. The predicted molar refractivity (Wildman–Crippen MR) is 86.9 cm³/mol. The molecule has 0 atom stereocenters. The minimum absolute atomic E-state index is 0.185. The molecule has 0 bridgehead atoms. The van der Waals surface area contributed by atoms with Gasteiger partial charge in [-0.05, 0) is 41.7 Å². The maximum absolute atomic E-state index is 9.01. The Bertz CT molecular complexity index is 425. The van der Waals surface area contributed by atoms with E-state index in [0.717, 1.165) is 15.6 Å². The van der Waals surface area contributed by atoms with Gasteiger partial charge in [0.25, 0.3) is 0 Å². The molecular weight excluding hydrogens is 320 g/mol. The third-order valence-electron chi connectivity index (χ3n) is 3.91. The Morgan fingerprint density at radius 1 is 1.26 bits per heavy atom. The number of hydrogen-bond acceptors (Lipinski definition) is 2. The second-order valence-electron chi connectivity index (χ2n) is 6.45. The van der Waals surface area contributed by atoms with Gasteiger partial charge in [0.1, 0.15) is 0 Å². The summed E-state index contributed by atoms with van der Waals surface area (Å²) in [5.41, 5.74) is 2.32. The lowest BCUT2D eigenvalue weighted by Gasteiger charge is -2.36. The first-order chi connectivity index (χ1) is 8.67. The molecule has 0 aromatic heterocycles. The van der Waals surface area contributed by atoms with Crippen molar-refractivity contribution in [1.29, 1.82) is 0 Å². The fourth-order valence-corrected chi connectivity index (χ4v) is 2.81. The van der Waals surface area contributed by atoms with E-state index in [4.69, 9.17) is 9.53 Å². The molecule has 0 aliphatic rings. The maximum Gasteiger partial charge on any atom is 0.192 e. The minimum Gasteiger partial charge on any atom is -0.413 e. The van der Waals surface area contributed by atoms with Crippen LogP contribution in [-0.2, 0) is 17.5 Å². The van der Waals surface area contributed by atoms with Crippen molar-refractivity contribution in [3.8, 4) is 0 Å². The topological polar surface area (TPSA) is 29.5 Å². The quantitative estimate of drug-likeness (QED) is 0.796. The van der Waals surface area contributed by atoms with Crippen LogP contribution in [0.5, 0.6) is 0 Å². The first-order valence-corrected chi connectivity index (χ1v) is 10.4. The minimum atomic E-state index is -1.72. The van der Waals surface area contributed by atoms with E-state index < -0.39 is 8.32 Å². The lowest BCUT2D eigenvalue weighted by Crippen LogP contribution is -2.40. The van der Waals surface area contributed by atoms with Gasteiger partial charge < -0.3 is 9.53 Å². The van der Waals surface area contributed by atoms with E-state index in [0.29, 0.717) is 13.0 Å². The van der Waals surface area contributed by atoms with Crippen molar-refractivity contribution < 1.29 is 9.53 Å². The van der Waals surface area contributed by atoms with Crippen molar-refractivity contribution in [3.05, 3.63) is 33.8 Å². The van der Waals surface area contributed by atoms with E-state index in [1.165, 1.54) is 0 Å². The summed E-state index contributed by atoms with van der Waals surface area (Å²) >= 11 is 3.57. The molecule has 1 aromatic carbocycles. The molecular formula is C15H25BrO2Si. The third-order valence-corrected chi connectivity index (χ3v) is 9.16. The Morgan fingerprint density at radius 2 is 1.89 bits per heavy atom. The maximum atomic E-state index is 9.01. The zero-order chi connectivity index (χ0) is 14.7. The molecule has 0 fully saturated rings. The molecule has 108 valence electrons. The monoisotopic (exact) mass is 344 g/mol. The van der Waals surface area contributed by atoms with Gasteiger partial charge in [0.05, 0.1) is 6.61 Å². The lowest BCUT2D eigenvalue weighted by molar-refractivity contribution is 0.275. The van der Waals surface area contributed by atoms with Crippen molar-refractivity contribution in [3.63, 3.8) is 0 Å². The normalized spacial score (nSPS) is 12.8. The van der Waals surface area contributed by atoms with Crippen molar-refractivity contribution >= 4 is 24.2 Å². The Hall–Kier alpha value is -0.163. The van der Waals surface area contributed by atoms with Crippen LogP contribution < -0.4 is 0 Å². The van der Waals surface area contributed by atoms with E-state index >= 15 is 0 Å². The molecule has 0 unspecified atom stereocenters. The highest BCUT2D eigenvalue weighted by Gasteiger charge is 2.37. The van der Waals surface area contributed by atoms with Gasteiger partial charge in [-0.2, -0.15) is 0 Å². The van der Waals surface area contributed by atoms with Crippen LogP contribution in [0, 0.1) is 0 Å². The van der Waals surface area contributed by atoms with Gasteiger partial charge in [-0.15, -0.1) is 0 Å². The molecule has 0 radical (unpaired) electrons. The van der Waals surface area contributed by atoms with Crippen LogP contribution in [0.4, 0.5) is 0 Å². The van der Waals surface area contributed by atoms with Gasteiger partial charge >= 0.3 is 0 Å². The van der Waals surface area contributed by atoms with Crippen molar-refractivity contribution in [1.82, 2.24) is 0 Å². The molecule has 1 aromatic rings. The van der Waals surface area contributed by atoms with Gasteiger partial charge in [0, 0.05) is 11.1 Å². The second-order valence-corrected chi connectivity index (χ2v) is 12.1. The number of benzene rings is 1. The number of aliphatic hydroxyl groups excluding tert-OH is 1. The summed E-state index contributed by atoms with van der Waals surface area (Å²) in [7, 11) is -1.72. The van der Waals surface area contributed by atoms with E-state index in [2.05, 4.69) is 55.9 Å². The predicted octanol–water partition coefficient (Wildman–Crippen LogP) is 4.51. The summed E-state index contributed by atoms with van der Waals surface area (Å²) in [5.74, 6) is 0. The zero-order valence-electron chi connectivity index (χ0n) is 12.6. The first-order valence-electron chi connectivity index (χ1n) is 6.69. The second kappa shape index (κ2) is 6.53. The van der Waals surface area contributed by atoms with Gasteiger partial charge in [0.2, 0.25) is 0 Å². The van der Waals surface area contributed by atoms with Crippen LogP contribution in [0.2, 0.25) is 18.1 Å².